The van der Waals surface area contributed by atoms with Crippen molar-refractivity contribution in [2.45, 2.75) is 104 Å². The monoisotopic (exact) mass is 473 g/mol. The van der Waals surface area contributed by atoms with Crippen LogP contribution >= 0.6 is 0 Å². The number of nitrogens with zero attached hydrogens (tertiary/aromatic N) is 1. The molecule has 1 amide bonds. The molecule has 0 aromatic heterocycles. The van der Waals surface area contributed by atoms with Crippen LogP contribution in [0.1, 0.15) is 55.4 Å². The summed E-state index contributed by atoms with van der Waals surface area (Å²) in [6.45, 7) is 24.0. The molecule has 31 heavy (non-hydrogen) atoms. The van der Waals surface area contributed by atoms with E-state index in [0.29, 0.717) is 0 Å². The Morgan fingerprint density at radius 3 is 1.77 bits per heavy atom. The summed E-state index contributed by atoms with van der Waals surface area (Å²) in [5, 5.41) is 9.86. The average Bonchev–Trinajstić information content (AvgIpc) is 2.55. The van der Waals surface area contributed by atoms with Crippen LogP contribution in [0.4, 0.5) is 0 Å². The standard InChI is InChI=1S/C22H43NO6Si2/c1-14(29-31(12,13)21(5,6)7)15-16(22(8,18(25)26)19(27)28-9)23(17(15)24)30(10,11)20(2,3)4/h14-16H,1-13H3,(H,25,26)/t14-,15-,16+,22-/m1/s1. The van der Waals surface area contributed by atoms with Crippen molar-refractivity contribution in [1.29, 1.82) is 0 Å². The molecule has 0 radical (unpaired) electrons. The first kappa shape index (κ1) is 27.8. The minimum absolute atomic E-state index is 0.0683. The van der Waals surface area contributed by atoms with Gasteiger partial charge in [0.2, 0.25) is 5.91 Å². The third-order valence-corrected chi connectivity index (χ3v) is 18.0. The van der Waals surface area contributed by atoms with Crippen LogP contribution in [0.5, 0.6) is 0 Å². The van der Waals surface area contributed by atoms with Gasteiger partial charge in [0.15, 0.2) is 22.0 Å². The highest BCUT2D eigenvalue weighted by Gasteiger charge is 2.69. The van der Waals surface area contributed by atoms with E-state index in [2.05, 4.69) is 54.6 Å². The summed E-state index contributed by atoms with van der Waals surface area (Å²) >= 11 is 0. The van der Waals surface area contributed by atoms with E-state index < -0.39 is 52.0 Å². The van der Waals surface area contributed by atoms with Crippen LogP contribution in [-0.2, 0) is 23.5 Å². The van der Waals surface area contributed by atoms with Crippen molar-refractivity contribution in [2.75, 3.05) is 7.11 Å². The van der Waals surface area contributed by atoms with Crippen LogP contribution in [0.15, 0.2) is 0 Å². The zero-order valence-corrected chi connectivity index (χ0v) is 23.7. The van der Waals surface area contributed by atoms with Crippen LogP contribution in [0, 0.1) is 11.3 Å². The van der Waals surface area contributed by atoms with Crippen LogP contribution in [-0.4, -0.2) is 63.3 Å². The van der Waals surface area contributed by atoms with Crippen LogP contribution in [0.25, 0.3) is 0 Å². The van der Waals surface area contributed by atoms with Crippen molar-refractivity contribution in [3.8, 4) is 0 Å². The van der Waals surface area contributed by atoms with E-state index in [1.807, 2.05) is 20.0 Å². The number of hydrogen-bond acceptors (Lipinski definition) is 5. The number of carboxylic acids is 1. The van der Waals surface area contributed by atoms with Crippen LogP contribution in [0.3, 0.4) is 0 Å². The van der Waals surface area contributed by atoms with Gasteiger partial charge in [0.1, 0.15) is 0 Å². The Labute approximate surface area is 190 Å². The van der Waals surface area contributed by atoms with Crippen LogP contribution in [0.2, 0.25) is 36.3 Å². The predicted molar refractivity (Wildman–Crippen MR) is 127 cm³/mol. The van der Waals surface area contributed by atoms with E-state index in [1.165, 1.54) is 14.0 Å². The molecule has 0 aliphatic carbocycles. The molecular formula is C22H43NO6Si2. The lowest BCUT2D eigenvalue weighted by atomic mass is 9.69. The molecule has 4 atom stereocenters. The van der Waals surface area contributed by atoms with Gasteiger partial charge in [0.25, 0.3) is 0 Å². The number of methoxy groups -OCH3 is 1. The highest BCUT2D eigenvalue weighted by Crippen LogP contribution is 2.52. The molecule has 0 saturated carbocycles. The second-order valence-corrected chi connectivity index (χ2v) is 21.9. The third kappa shape index (κ3) is 4.50. The van der Waals surface area contributed by atoms with E-state index in [9.17, 15) is 19.5 Å². The molecule has 0 bridgehead atoms. The van der Waals surface area contributed by atoms with E-state index in [-0.39, 0.29) is 16.0 Å². The number of rotatable bonds is 7. The second kappa shape index (κ2) is 8.30. The molecule has 0 unspecified atom stereocenters. The maximum Gasteiger partial charge on any atom is 0.325 e. The quantitative estimate of drug-likeness (QED) is 0.253. The Hall–Kier alpha value is -1.20. The zero-order valence-electron chi connectivity index (χ0n) is 21.7. The van der Waals surface area contributed by atoms with Crippen molar-refractivity contribution in [3.05, 3.63) is 0 Å². The van der Waals surface area contributed by atoms with Gasteiger partial charge in [0, 0.05) is 0 Å². The van der Waals surface area contributed by atoms with Gasteiger partial charge >= 0.3 is 11.9 Å². The van der Waals surface area contributed by atoms with Crippen molar-refractivity contribution >= 4 is 34.4 Å². The summed E-state index contributed by atoms with van der Waals surface area (Å²) in [7, 11) is -3.51. The maximum atomic E-state index is 13.6. The number of amides is 1. The normalized spacial score (nSPS) is 23.6. The van der Waals surface area contributed by atoms with Crippen molar-refractivity contribution in [1.82, 2.24) is 4.57 Å². The second-order valence-electron chi connectivity index (χ2n) is 12.1. The number of hydrogen-bond donors (Lipinski definition) is 1. The number of carbonyl (C=O) groups excluding carboxylic acids is 2. The highest BCUT2D eigenvalue weighted by atomic mass is 28.4. The van der Waals surface area contributed by atoms with E-state index in [0.717, 1.165) is 0 Å². The number of esters is 1. The molecule has 9 heteroatoms. The first-order valence-corrected chi connectivity index (χ1v) is 16.8. The largest absolute Gasteiger partial charge is 0.480 e. The van der Waals surface area contributed by atoms with Gasteiger partial charge in [-0.05, 0) is 37.0 Å². The van der Waals surface area contributed by atoms with Crippen molar-refractivity contribution in [2.24, 2.45) is 11.3 Å². The average molecular weight is 474 g/mol. The smallest absolute Gasteiger partial charge is 0.325 e. The summed E-state index contributed by atoms with van der Waals surface area (Å²) in [5.74, 6) is -2.97. The SMILES string of the molecule is COC(=O)[C@@](C)(C(=O)O)[C@@H]1[C@@H]([C@@H](C)O[Si](C)(C)C(C)(C)C)C(=O)N1[Si](C)(C)C(C)(C)C. The predicted octanol–water partition coefficient (Wildman–Crippen LogP) is 4.49. The molecule has 0 aromatic rings. The molecule has 0 spiro atoms. The first-order valence-electron chi connectivity index (χ1n) is 10.9. The number of ether oxygens (including phenoxy) is 1. The zero-order chi connectivity index (χ0) is 25.0. The Morgan fingerprint density at radius 2 is 1.45 bits per heavy atom. The van der Waals surface area contributed by atoms with Crippen molar-refractivity contribution < 1.29 is 28.7 Å². The van der Waals surface area contributed by atoms with Gasteiger partial charge in [-0.3, -0.25) is 14.4 Å². The fourth-order valence-electron chi connectivity index (χ4n) is 3.83. The number of aliphatic carboxylic acids is 1. The van der Waals surface area contributed by atoms with Gasteiger partial charge in [-0.15, -0.1) is 0 Å². The molecule has 1 saturated heterocycles. The highest BCUT2D eigenvalue weighted by molar-refractivity contribution is 6.80. The Bertz CT molecular complexity index is 737. The molecule has 1 rings (SSSR count). The summed E-state index contributed by atoms with van der Waals surface area (Å²) in [6, 6.07) is -0.828. The van der Waals surface area contributed by atoms with E-state index >= 15 is 0 Å². The molecule has 1 N–H and O–H groups in total. The van der Waals surface area contributed by atoms with Crippen LogP contribution < -0.4 is 0 Å². The van der Waals surface area contributed by atoms with Gasteiger partial charge in [-0.2, -0.15) is 0 Å². The molecule has 0 aromatic carbocycles. The van der Waals surface area contributed by atoms with Crippen molar-refractivity contribution in [3.63, 3.8) is 0 Å². The summed E-state index contributed by atoms with van der Waals surface area (Å²) in [4.78, 5) is 38.8. The fraction of sp³-hybridized carbons (Fsp3) is 0.864. The molecule has 1 fully saturated rings. The molecule has 1 aliphatic heterocycles. The summed E-state index contributed by atoms with van der Waals surface area (Å²) < 4.78 is 13.1. The summed E-state index contributed by atoms with van der Waals surface area (Å²) in [5.41, 5.74) is -1.88. The maximum absolute atomic E-state index is 13.6. The fourth-order valence-corrected chi connectivity index (χ4v) is 7.80. The number of carboxylic acid groups (broad SMARTS) is 1. The molecule has 1 heterocycles. The summed E-state index contributed by atoms with van der Waals surface area (Å²) in [6.07, 6.45) is -0.511. The lowest BCUT2D eigenvalue weighted by Crippen LogP contribution is -2.80. The molecule has 7 nitrogen and oxygen atoms in total. The van der Waals surface area contributed by atoms with E-state index in [4.69, 9.17) is 9.16 Å². The molecule has 180 valence electrons. The number of carbonyl (C=O) groups is 3. The lowest BCUT2D eigenvalue weighted by Gasteiger charge is -2.62. The minimum atomic E-state index is -2.48. The molecular weight excluding hydrogens is 430 g/mol. The van der Waals surface area contributed by atoms with Gasteiger partial charge in [-0.1, -0.05) is 54.6 Å². The van der Waals surface area contributed by atoms with E-state index in [1.54, 1.807) is 4.57 Å². The van der Waals surface area contributed by atoms with Gasteiger partial charge < -0.3 is 18.8 Å². The minimum Gasteiger partial charge on any atom is -0.480 e. The Morgan fingerprint density at radius 1 is 1.00 bits per heavy atom. The Kier molecular flexibility index (Phi) is 7.45. The lowest BCUT2D eigenvalue weighted by molar-refractivity contribution is -0.184. The van der Waals surface area contributed by atoms with Gasteiger partial charge in [0.05, 0.1) is 25.2 Å². The topological polar surface area (TPSA) is 93.1 Å². The molecule has 1 aliphatic rings. The van der Waals surface area contributed by atoms with Gasteiger partial charge in [-0.25, -0.2) is 0 Å². The first-order chi connectivity index (χ1) is 13.6. The third-order valence-electron chi connectivity index (χ3n) is 8.02. The Balaban J connectivity index is 3.60. The number of β-lactam (4-membered cyclic amide) rings is 1.